The van der Waals surface area contributed by atoms with Gasteiger partial charge in [-0.3, -0.25) is 9.59 Å². The second-order valence-corrected chi connectivity index (χ2v) is 7.86. The third kappa shape index (κ3) is 7.31. The monoisotopic (exact) mass is 452 g/mol. The number of allylic oxidation sites excluding steroid dienone is 1. The molecule has 2 N–H and O–H groups in total. The molecule has 0 atom stereocenters. The van der Waals surface area contributed by atoms with E-state index in [4.69, 9.17) is 0 Å². The summed E-state index contributed by atoms with van der Waals surface area (Å²) in [5.74, 6) is -0.902. The van der Waals surface area contributed by atoms with E-state index in [1.165, 1.54) is 0 Å². The van der Waals surface area contributed by atoms with E-state index in [2.05, 4.69) is 15.8 Å². The number of amides is 2. The molecule has 0 spiro atoms. The number of rotatable bonds is 8. The highest BCUT2D eigenvalue weighted by Crippen LogP contribution is 2.14. The molecule has 3 aromatic rings. The Bertz CT molecular complexity index is 1200. The number of hydrazone groups is 1. The highest BCUT2D eigenvalue weighted by atomic mass is 16.2. The zero-order chi connectivity index (χ0) is 24.3. The first-order valence-electron chi connectivity index (χ1n) is 10.8. The molecule has 0 heterocycles. The summed E-state index contributed by atoms with van der Waals surface area (Å²) in [5, 5.41) is 6.76. The molecule has 0 aliphatic carbocycles. The van der Waals surface area contributed by atoms with E-state index in [1.807, 2.05) is 92.7 Å². The van der Waals surface area contributed by atoms with Gasteiger partial charge in [0.05, 0.1) is 6.21 Å². The summed E-state index contributed by atoms with van der Waals surface area (Å²) < 4.78 is 0. The van der Waals surface area contributed by atoms with Crippen molar-refractivity contribution >= 4 is 35.9 Å². The number of nitrogens with one attached hydrogen (secondary N) is 2. The zero-order valence-corrected chi connectivity index (χ0v) is 19.5. The molecule has 0 bridgehead atoms. The van der Waals surface area contributed by atoms with Crippen molar-refractivity contribution in [3.8, 4) is 0 Å². The molecule has 172 valence electrons. The Labute approximate surface area is 200 Å². The number of nitrogens with zero attached hydrogens (tertiary/aromatic N) is 2. The fourth-order valence-corrected chi connectivity index (χ4v) is 3.08. The Hall–Kier alpha value is -4.45. The second kappa shape index (κ2) is 12.0. The number of anilines is 1. The van der Waals surface area contributed by atoms with Crippen molar-refractivity contribution in [3.05, 3.63) is 113 Å². The van der Waals surface area contributed by atoms with Crippen LogP contribution >= 0.6 is 0 Å². The van der Waals surface area contributed by atoms with Crippen molar-refractivity contribution in [3.63, 3.8) is 0 Å². The molecule has 34 heavy (non-hydrogen) atoms. The molecule has 6 heteroatoms. The molecule has 2 amide bonds. The second-order valence-electron chi connectivity index (χ2n) is 7.86. The van der Waals surface area contributed by atoms with Crippen molar-refractivity contribution in [2.24, 2.45) is 5.10 Å². The molecule has 0 saturated heterocycles. The van der Waals surface area contributed by atoms with Gasteiger partial charge in [0.15, 0.2) is 0 Å². The Morgan fingerprint density at radius 2 is 1.38 bits per heavy atom. The molecule has 6 nitrogen and oxygen atoms in total. The first-order valence-corrected chi connectivity index (χ1v) is 10.8. The average Bonchev–Trinajstić information content (AvgIpc) is 2.85. The highest BCUT2D eigenvalue weighted by Gasteiger charge is 2.14. The largest absolute Gasteiger partial charge is 0.378 e. The van der Waals surface area contributed by atoms with Crippen LogP contribution in [0.2, 0.25) is 0 Å². The van der Waals surface area contributed by atoms with Crippen LogP contribution in [0, 0.1) is 0 Å². The maximum Gasteiger partial charge on any atom is 0.287 e. The fourth-order valence-electron chi connectivity index (χ4n) is 3.08. The van der Waals surface area contributed by atoms with Gasteiger partial charge < -0.3 is 10.2 Å². The number of hydrogen-bond acceptors (Lipinski definition) is 4. The maximum atomic E-state index is 12.9. The summed E-state index contributed by atoms with van der Waals surface area (Å²) in [7, 11) is 3.91. The number of carbonyl (C=O) groups is 2. The third-order valence-corrected chi connectivity index (χ3v) is 4.88. The third-order valence-electron chi connectivity index (χ3n) is 4.88. The number of benzene rings is 3. The summed E-state index contributed by atoms with van der Waals surface area (Å²) in [6.45, 7) is 1.89. The minimum atomic E-state index is -0.523. The van der Waals surface area contributed by atoms with Crippen LogP contribution in [-0.4, -0.2) is 32.1 Å². The first-order chi connectivity index (χ1) is 16.4. The lowest BCUT2D eigenvalue weighted by atomic mass is 10.1. The lowest BCUT2D eigenvalue weighted by Gasteiger charge is -2.12. The quantitative estimate of drug-likeness (QED) is 0.295. The molecule has 3 aromatic carbocycles. The van der Waals surface area contributed by atoms with E-state index >= 15 is 0 Å². The van der Waals surface area contributed by atoms with Crippen molar-refractivity contribution in [2.75, 3.05) is 19.0 Å². The van der Waals surface area contributed by atoms with Crippen molar-refractivity contribution in [1.82, 2.24) is 10.7 Å². The van der Waals surface area contributed by atoms with Gasteiger partial charge in [0.25, 0.3) is 11.8 Å². The highest BCUT2D eigenvalue weighted by molar-refractivity contribution is 6.05. The van der Waals surface area contributed by atoms with Gasteiger partial charge in [-0.15, -0.1) is 0 Å². The van der Waals surface area contributed by atoms with E-state index in [1.54, 1.807) is 36.6 Å². The van der Waals surface area contributed by atoms with Crippen LogP contribution in [0.5, 0.6) is 0 Å². The minimum Gasteiger partial charge on any atom is -0.378 e. The Morgan fingerprint density at radius 1 is 0.794 bits per heavy atom. The molecule has 0 saturated carbocycles. The van der Waals surface area contributed by atoms with Crippen LogP contribution in [0.25, 0.3) is 12.2 Å². The van der Waals surface area contributed by atoms with Gasteiger partial charge in [0.1, 0.15) is 5.70 Å². The van der Waals surface area contributed by atoms with Gasteiger partial charge in [0, 0.05) is 25.3 Å². The Morgan fingerprint density at radius 3 is 2.00 bits per heavy atom. The van der Waals surface area contributed by atoms with E-state index in [0.717, 1.165) is 22.4 Å². The molecule has 0 aromatic heterocycles. The van der Waals surface area contributed by atoms with Crippen molar-refractivity contribution in [1.29, 1.82) is 0 Å². The number of carbonyl (C=O) groups excluding carboxylic acids is 2. The van der Waals surface area contributed by atoms with E-state index in [0.29, 0.717) is 5.56 Å². The van der Waals surface area contributed by atoms with Crippen LogP contribution in [0.3, 0.4) is 0 Å². The topological polar surface area (TPSA) is 73.8 Å². The standard InChI is InChI=1S/C28H28N4O2/c1-21(18-22-10-6-4-7-11-22)20-29-31-28(34)26(30-27(33)24-12-8-5-9-13-24)19-23-14-16-25(17-15-23)32(2)3/h4-20H,1-3H3,(H,30,33)(H,31,34). The van der Waals surface area contributed by atoms with Crippen molar-refractivity contribution in [2.45, 2.75) is 6.92 Å². The van der Waals surface area contributed by atoms with Gasteiger partial charge >= 0.3 is 0 Å². The van der Waals surface area contributed by atoms with Gasteiger partial charge in [-0.05, 0) is 54.0 Å². The van der Waals surface area contributed by atoms with E-state index < -0.39 is 5.91 Å². The average molecular weight is 453 g/mol. The first kappa shape index (κ1) is 24.2. The van der Waals surface area contributed by atoms with Gasteiger partial charge in [-0.25, -0.2) is 5.43 Å². The molecule has 0 aliphatic rings. The van der Waals surface area contributed by atoms with Crippen LogP contribution in [0.4, 0.5) is 5.69 Å². The summed E-state index contributed by atoms with van der Waals surface area (Å²) in [4.78, 5) is 27.6. The molecular weight excluding hydrogens is 424 g/mol. The van der Waals surface area contributed by atoms with Gasteiger partial charge in [0.2, 0.25) is 0 Å². The normalized spacial score (nSPS) is 11.9. The number of hydrogen-bond donors (Lipinski definition) is 2. The van der Waals surface area contributed by atoms with Crippen LogP contribution < -0.4 is 15.6 Å². The summed E-state index contributed by atoms with van der Waals surface area (Å²) in [5.41, 5.74) is 6.75. The minimum absolute atomic E-state index is 0.0910. The van der Waals surface area contributed by atoms with Gasteiger partial charge in [-0.2, -0.15) is 5.10 Å². The van der Waals surface area contributed by atoms with Crippen LogP contribution in [0.1, 0.15) is 28.4 Å². The summed E-state index contributed by atoms with van der Waals surface area (Å²) in [6.07, 6.45) is 5.14. The lowest BCUT2D eigenvalue weighted by molar-refractivity contribution is -0.117. The van der Waals surface area contributed by atoms with Crippen molar-refractivity contribution < 1.29 is 9.59 Å². The summed E-state index contributed by atoms with van der Waals surface area (Å²) >= 11 is 0. The fraction of sp³-hybridized carbons (Fsp3) is 0.107. The predicted octanol–water partition coefficient (Wildman–Crippen LogP) is 4.73. The smallest absolute Gasteiger partial charge is 0.287 e. The van der Waals surface area contributed by atoms with E-state index in [-0.39, 0.29) is 11.6 Å². The zero-order valence-electron chi connectivity index (χ0n) is 19.5. The Kier molecular flexibility index (Phi) is 8.52. The summed E-state index contributed by atoms with van der Waals surface area (Å²) in [6, 6.07) is 26.2. The molecule has 0 unspecified atom stereocenters. The van der Waals surface area contributed by atoms with Gasteiger partial charge in [-0.1, -0.05) is 66.7 Å². The molecule has 0 aliphatic heterocycles. The predicted molar refractivity (Wildman–Crippen MR) is 139 cm³/mol. The lowest BCUT2D eigenvalue weighted by Crippen LogP contribution is -2.32. The maximum absolute atomic E-state index is 12.9. The molecule has 0 radical (unpaired) electrons. The van der Waals surface area contributed by atoms with E-state index in [9.17, 15) is 9.59 Å². The molecule has 3 rings (SSSR count). The van der Waals surface area contributed by atoms with Crippen LogP contribution in [0.15, 0.2) is 101 Å². The molecular formula is C28H28N4O2. The van der Waals surface area contributed by atoms with Crippen LogP contribution in [-0.2, 0) is 4.79 Å². The SMILES string of the molecule is CC(C=NNC(=O)C(=Cc1ccc(N(C)C)cc1)NC(=O)c1ccccc1)=Cc1ccccc1. The molecule has 0 fully saturated rings. The Balaban J connectivity index is 1.78.